The summed E-state index contributed by atoms with van der Waals surface area (Å²) in [4.78, 5) is 29.8. The molecule has 0 saturated carbocycles. The molecule has 0 radical (unpaired) electrons. The number of halogens is 1. The molecule has 1 aliphatic rings. The summed E-state index contributed by atoms with van der Waals surface area (Å²) in [7, 11) is 0. The van der Waals surface area contributed by atoms with E-state index in [0.29, 0.717) is 43.2 Å². The summed E-state index contributed by atoms with van der Waals surface area (Å²) in [5.41, 5.74) is 0.840. The molecule has 2 rings (SSSR count). The van der Waals surface area contributed by atoms with Gasteiger partial charge in [0.1, 0.15) is 4.34 Å². The summed E-state index contributed by atoms with van der Waals surface area (Å²) < 4.78 is 0.709. The van der Waals surface area contributed by atoms with Crippen LogP contribution in [0.25, 0.3) is 0 Å². The molecular formula is C14H20ClN3O2S. The van der Waals surface area contributed by atoms with Gasteiger partial charge in [0, 0.05) is 32.5 Å². The monoisotopic (exact) mass is 329 g/mol. The molecule has 116 valence electrons. The zero-order valence-electron chi connectivity index (χ0n) is 12.3. The lowest BCUT2D eigenvalue weighted by Crippen LogP contribution is -2.45. The minimum atomic E-state index is -0.0933. The fourth-order valence-electron chi connectivity index (χ4n) is 2.41. The van der Waals surface area contributed by atoms with Gasteiger partial charge in [-0.3, -0.25) is 9.59 Å². The van der Waals surface area contributed by atoms with Gasteiger partial charge in [0.2, 0.25) is 11.8 Å². The zero-order valence-corrected chi connectivity index (χ0v) is 13.9. The highest BCUT2D eigenvalue weighted by atomic mass is 35.5. The molecule has 1 atom stereocenters. The fourth-order valence-corrected chi connectivity index (χ4v) is 3.51. The van der Waals surface area contributed by atoms with Gasteiger partial charge in [-0.25, -0.2) is 4.98 Å². The lowest BCUT2D eigenvalue weighted by Gasteiger charge is -2.30. The lowest BCUT2D eigenvalue weighted by atomic mass is 9.96. The van der Waals surface area contributed by atoms with Gasteiger partial charge in [-0.2, -0.15) is 0 Å². The second-order valence-corrected chi connectivity index (χ2v) is 6.86. The van der Waals surface area contributed by atoms with E-state index in [1.807, 2.05) is 13.8 Å². The largest absolute Gasteiger partial charge is 0.355 e. The number of amides is 2. The topological polar surface area (TPSA) is 62.3 Å². The number of thiazole rings is 1. The summed E-state index contributed by atoms with van der Waals surface area (Å²) >= 11 is 7.43. The number of nitrogens with one attached hydrogen (secondary N) is 1. The Morgan fingerprint density at radius 2 is 2.33 bits per heavy atom. The highest BCUT2D eigenvalue weighted by Gasteiger charge is 2.29. The average molecular weight is 330 g/mol. The van der Waals surface area contributed by atoms with Crippen LogP contribution in [0.15, 0.2) is 0 Å². The summed E-state index contributed by atoms with van der Waals surface area (Å²) in [6.07, 6.45) is 1.80. The van der Waals surface area contributed by atoms with Crippen molar-refractivity contribution in [3.63, 3.8) is 0 Å². The summed E-state index contributed by atoms with van der Waals surface area (Å²) in [5, 5.41) is 3.87. The SMILES string of the molecule is CCN1CC(C(=O)NCCc2nc(C)c(Cl)s2)CCC1=O. The number of carbonyl (C=O) groups excluding carboxylic acids is 2. The van der Waals surface area contributed by atoms with Crippen molar-refractivity contribution in [2.75, 3.05) is 19.6 Å². The summed E-state index contributed by atoms with van der Waals surface area (Å²) in [5.74, 6) is 0.0825. The number of hydrogen-bond donors (Lipinski definition) is 1. The van der Waals surface area contributed by atoms with Crippen molar-refractivity contribution in [2.24, 2.45) is 5.92 Å². The first kappa shape index (κ1) is 16.2. The normalized spacial score (nSPS) is 18.9. The number of hydrogen-bond acceptors (Lipinski definition) is 4. The van der Waals surface area contributed by atoms with Crippen molar-refractivity contribution in [2.45, 2.75) is 33.1 Å². The molecular weight excluding hydrogens is 310 g/mol. The van der Waals surface area contributed by atoms with E-state index >= 15 is 0 Å². The van der Waals surface area contributed by atoms with Crippen LogP contribution in [0.2, 0.25) is 4.34 Å². The number of aromatic nitrogens is 1. The molecule has 1 saturated heterocycles. The first-order chi connectivity index (χ1) is 10.0. The van der Waals surface area contributed by atoms with Crippen LogP contribution in [0.1, 0.15) is 30.5 Å². The molecule has 0 aromatic carbocycles. The highest BCUT2D eigenvalue weighted by Crippen LogP contribution is 2.23. The molecule has 0 aliphatic carbocycles. The maximum absolute atomic E-state index is 12.1. The van der Waals surface area contributed by atoms with E-state index < -0.39 is 0 Å². The summed E-state index contributed by atoms with van der Waals surface area (Å²) in [6.45, 7) is 5.56. The molecule has 21 heavy (non-hydrogen) atoms. The van der Waals surface area contributed by atoms with Crippen molar-refractivity contribution in [1.82, 2.24) is 15.2 Å². The fraction of sp³-hybridized carbons (Fsp3) is 0.643. The van der Waals surface area contributed by atoms with E-state index in [0.717, 1.165) is 10.7 Å². The van der Waals surface area contributed by atoms with Gasteiger partial charge in [-0.05, 0) is 20.3 Å². The molecule has 0 bridgehead atoms. The number of aryl methyl sites for hydroxylation is 1. The standard InChI is InChI=1S/C14H20ClN3O2S/c1-3-18-8-10(4-5-12(18)19)14(20)16-7-6-11-17-9(2)13(15)21-11/h10H,3-8H2,1-2H3,(H,16,20). The first-order valence-electron chi connectivity index (χ1n) is 7.18. The Morgan fingerprint density at radius 3 is 2.95 bits per heavy atom. The Labute approximate surface area is 133 Å². The van der Waals surface area contributed by atoms with Crippen LogP contribution in [-0.4, -0.2) is 41.3 Å². The number of likely N-dealkylation sites (tertiary alicyclic amines) is 1. The van der Waals surface area contributed by atoms with Gasteiger partial charge in [-0.1, -0.05) is 11.6 Å². The van der Waals surface area contributed by atoms with E-state index in [9.17, 15) is 9.59 Å². The van der Waals surface area contributed by atoms with E-state index in [2.05, 4.69) is 10.3 Å². The van der Waals surface area contributed by atoms with Crippen molar-refractivity contribution < 1.29 is 9.59 Å². The van der Waals surface area contributed by atoms with E-state index in [1.54, 1.807) is 4.90 Å². The van der Waals surface area contributed by atoms with Crippen molar-refractivity contribution >= 4 is 34.8 Å². The Hall–Kier alpha value is -1.14. The third-order valence-electron chi connectivity index (χ3n) is 3.68. The molecule has 1 aromatic rings. The smallest absolute Gasteiger partial charge is 0.224 e. The molecule has 1 aliphatic heterocycles. The third kappa shape index (κ3) is 4.17. The second-order valence-electron chi connectivity index (χ2n) is 5.18. The van der Waals surface area contributed by atoms with E-state index in [4.69, 9.17) is 11.6 Å². The molecule has 7 heteroatoms. The van der Waals surface area contributed by atoms with E-state index in [-0.39, 0.29) is 17.7 Å². The van der Waals surface area contributed by atoms with Crippen molar-refractivity contribution in [3.8, 4) is 0 Å². The van der Waals surface area contributed by atoms with Gasteiger partial charge in [-0.15, -0.1) is 11.3 Å². The van der Waals surface area contributed by atoms with Crippen LogP contribution in [0.3, 0.4) is 0 Å². The van der Waals surface area contributed by atoms with Gasteiger partial charge in [0.05, 0.1) is 16.6 Å². The van der Waals surface area contributed by atoms with Crippen LogP contribution in [0.5, 0.6) is 0 Å². The minimum absolute atomic E-state index is 0.0281. The number of carbonyl (C=O) groups is 2. The predicted octanol–water partition coefficient (Wildman–Crippen LogP) is 2.02. The Balaban J connectivity index is 1.78. The van der Waals surface area contributed by atoms with Gasteiger partial charge < -0.3 is 10.2 Å². The van der Waals surface area contributed by atoms with Crippen LogP contribution in [-0.2, 0) is 16.0 Å². The quantitative estimate of drug-likeness (QED) is 0.899. The maximum atomic E-state index is 12.1. The number of nitrogens with zero attached hydrogens (tertiary/aromatic N) is 2. The van der Waals surface area contributed by atoms with Crippen LogP contribution >= 0.6 is 22.9 Å². The number of piperidine rings is 1. The number of rotatable bonds is 5. The summed E-state index contributed by atoms with van der Waals surface area (Å²) in [6, 6.07) is 0. The predicted molar refractivity (Wildman–Crippen MR) is 83.6 cm³/mol. The maximum Gasteiger partial charge on any atom is 0.224 e. The Kier molecular flexibility index (Phi) is 5.58. The minimum Gasteiger partial charge on any atom is -0.355 e. The van der Waals surface area contributed by atoms with Crippen LogP contribution in [0, 0.1) is 12.8 Å². The molecule has 1 aromatic heterocycles. The Morgan fingerprint density at radius 1 is 1.57 bits per heavy atom. The van der Waals surface area contributed by atoms with Gasteiger partial charge in [0.15, 0.2) is 0 Å². The molecule has 0 spiro atoms. The second kappa shape index (κ2) is 7.22. The van der Waals surface area contributed by atoms with Gasteiger partial charge in [0.25, 0.3) is 0 Å². The first-order valence-corrected chi connectivity index (χ1v) is 8.38. The molecule has 1 unspecified atom stereocenters. The zero-order chi connectivity index (χ0) is 15.4. The molecule has 5 nitrogen and oxygen atoms in total. The Bertz CT molecular complexity index is 513. The lowest BCUT2D eigenvalue weighted by molar-refractivity contribution is -0.138. The molecule has 2 amide bonds. The molecule has 2 heterocycles. The average Bonchev–Trinajstić information content (AvgIpc) is 2.78. The van der Waals surface area contributed by atoms with Crippen LogP contribution in [0.4, 0.5) is 0 Å². The van der Waals surface area contributed by atoms with E-state index in [1.165, 1.54) is 11.3 Å². The molecule has 1 N–H and O–H groups in total. The molecule has 1 fully saturated rings. The van der Waals surface area contributed by atoms with Crippen LogP contribution < -0.4 is 5.32 Å². The van der Waals surface area contributed by atoms with Crippen molar-refractivity contribution in [1.29, 1.82) is 0 Å². The van der Waals surface area contributed by atoms with Gasteiger partial charge >= 0.3 is 0 Å². The van der Waals surface area contributed by atoms with Crippen molar-refractivity contribution in [3.05, 3.63) is 15.0 Å². The third-order valence-corrected chi connectivity index (χ3v) is 5.19. The highest BCUT2D eigenvalue weighted by molar-refractivity contribution is 7.16.